The predicted octanol–water partition coefficient (Wildman–Crippen LogP) is 0.979. The highest BCUT2D eigenvalue weighted by Crippen LogP contribution is 2.36. The zero-order valence-electron chi connectivity index (χ0n) is 9.17. The lowest BCUT2D eigenvalue weighted by Gasteiger charge is -2.45. The van der Waals surface area contributed by atoms with Crippen molar-refractivity contribution >= 4 is 0 Å². The van der Waals surface area contributed by atoms with Gasteiger partial charge in [-0.1, -0.05) is 0 Å². The normalized spacial score (nSPS) is 33.4. The van der Waals surface area contributed by atoms with E-state index in [0.717, 1.165) is 6.42 Å². The molecule has 0 aromatic carbocycles. The lowest BCUT2D eigenvalue weighted by Crippen LogP contribution is -2.50. The van der Waals surface area contributed by atoms with Crippen molar-refractivity contribution in [1.29, 1.82) is 0 Å². The number of rotatable bonds is 1. The van der Waals surface area contributed by atoms with Crippen molar-refractivity contribution in [3.8, 4) is 0 Å². The van der Waals surface area contributed by atoms with Crippen LogP contribution in [0.5, 0.6) is 0 Å². The first-order valence-corrected chi connectivity index (χ1v) is 5.80. The molecule has 2 aliphatic heterocycles. The van der Waals surface area contributed by atoms with Crippen LogP contribution >= 0.6 is 0 Å². The Kier molecular flexibility index (Phi) is 3.10. The smallest absolute Gasteiger partial charge is 0.0711 e. The van der Waals surface area contributed by atoms with E-state index in [1.54, 1.807) is 0 Å². The van der Waals surface area contributed by atoms with Crippen LogP contribution in [-0.4, -0.2) is 43.3 Å². The standard InChI is InChI=1S/C11H22N2O/c1-13-7-5-11(6-8-13)4-2-3-10(9-12)14-11/h10H,2-9,12H2,1H3. The number of nitrogens with zero attached hydrogens (tertiary/aromatic N) is 1. The van der Waals surface area contributed by atoms with Gasteiger partial charge in [-0.05, 0) is 39.2 Å². The molecule has 14 heavy (non-hydrogen) atoms. The van der Waals surface area contributed by atoms with E-state index in [9.17, 15) is 0 Å². The molecule has 0 aliphatic carbocycles. The maximum absolute atomic E-state index is 6.16. The maximum Gasteiger partial charge on any atom is 0.0711 e. The van der Waals surface area contributed by atoms with Crippen LogP contribution in [-0.2, 0) is 4.74 Å². The van der Waals surface area contributed by atoms with Crippen molar-refractivity contribution in [3.63, 3.8) is 0 Å². The highest BCUT2D eigenvalue weighted by Gasteiger charge is 2.38. The zero-order chi connectivity index (χ0) is 10.0. The molecule has 2 heterocycles. The number of piperidine rings is 1. The molecule has 2 rings (SSSR count). The molecule has 0 amide bonds. The Hall–Kier alpha value is -0.120. The van der Waals surface area contributed by atoms with Gasteiger partial charge in [0, 0.05) is 19.6 Å². The minimum atomic E-state index is 0.189. The van der Waals surface area contributed by atoms with Gasteiger partial charge in [-0.15, -0.1) is 0 Å². The Bertz CT molecular complexity index is 188. The third kappa shape index (κ3) is 2.10. The number of nitrogens with two attached hydrogens (primary N) is 1. The third-order valence-corrected chi connectivity index (χ3v) is 3.74. The largest absolute Gasteiger partial charge is 0.370 e. The first kappa shape index (κ1) is 10.4. The second-order valence-electron chi connectivity index (χ2n) is 4.85. The number of hydrogen-bond donors (Lipinski definition) is 1. The summed E-state index contributed by atoms with van der Waals surface area (Å²) in [4.78, 5) is 2.39. The Morgan fingerprint density at radius 2 is 2.07 bits per heavy atom. The quantitative estimate of drug-likeness (QED) is 0.682. The third-order valence-electron chi connectivity index (χ3n) is 3.74. The van der Waals surface area contributed by atoms with Gasteiger partial charge in [0.25, 0.3) is 0 Å². The molecule has 1 spiro atoms. The molecule has 2 N–H and O–H groups in total. The highest BCUT2D eigenvalue weighted by molar-refractivity contribution is 4.91. The SMILES string of the molecule is CN1CCC2(CCCC(CN)O2)CC1. The van der Waals surface area contributed by atoms with Crippen LogP contribution in [0.2, 0.25) is 0 Å². The fraction of sp³-hybridized carbons (Fsp3) is 1.00. The Morgan fingerprint density at radius 1 is 1.36 bits per heavy atom. The van der Waals surface area contributed by atoms with Gasteiger partial charge >= 0.3 is 0 Å². The highest BCUT2D eigenvalue weighted by atomic mass is 16.5. The van der Waals surface area contributed by atoms with Crippen molar-refractivity contribution in [1.82, 2.24) is 4.90 Å². The monoisotopic (exact) mass is 198 g/mol. The van der Waals surface area contributed by atoms with Crippen molar-refractivity contribution < 1.29 is 4.74 Å². The molecule has 0 bridgehead atoms. The second-order valence-corrected chi connectivity index (χ2v) is 4.85. The van der Waals surface area contributed by atoms with E-state index < -0.39 is 0 Å². The summed E-state index contributed by atoms with van der Waals surface area (Å²) in [6, 6.07) is 0. The van der Waals surface area contributed by atoms with Crippen molar-refractivity contribution in [2.24, 2.45) is 5.73 Å². The summed E-state index contributed by atoms with van der Waals surface area (Å²) in [5.74, 6) is 0. The summed E-state index contributed by atoms with van der Waals surface area (Å²) in [5.41, 5.74) is 5.87. The topological polar surface area (TPSA) is 38.5 Å². The van der Waals surface area contributed by atoms with Gasteiger partial charge in [0.15, 0.2) is 0 Å². The molecule has 0 saturated carbocycles. The fourth-order valence-electron chi connectivity index (χ4n) is 2.68. The average molecular weight is 198 g/mol. The predicted molar refractivity (Wildman–Crippen MR) is 57.2 cm³/mol. The van der Waals surface area contributed by atoms with Crippen molar-refractivity contribution in [2.45, 2.75) is 43.8 Å². The van der Waals surface area contributed by atoms with Gasteiger partial charge < -0.3 is 15.4 Å². The first-order chi connectivity index (χ1) is 6.74. The van der Waals surface area contributed by atoms with Gasteiger partial charge in [0.1, 0.15) is 0 Å². The molecule has 0 aromatic rings. The minimum Gasteiger partial charge on any atom is -0.370 e. The van der Waals surface area contributed by atoms with E-state index >= 15 is 0 Å². The summed E-state index contributed by atoms with van der Waals surface area (Å²) in [7, 11) is 2.19. The summed E-state index contributed by atoms with van der Waals surface area (Å²) in [6.07, 6.45) is 6.42. The van der Waals surface area contributed by atoms with Crippen LogP contribution < -0.4 is 5.73 Å². The molecule has 2 saturated heterocycles. The van der Waals surface area contributed by atoms with E-state index in [1.807, 2.05) is 0 Å². The molecule has 0 aromatic heterocycles. The van der Waals surface area contributed by atoms with E-state index in [1.165, 1.54) is 38.8 Å². The fourth-order valence-corrected chi connectivity index (χ4v) is 2.68. The molecule has 0 radical (unpaired) electrons. The summed E-state index contributed by atoms with van der Waals surface area (Å²) >= 11 is 0. The molecular formula is C11H22N2O. The lowest BCUT2D eigenvalue weighted by molar-refractivity contribution is -0.147. The number of ether oxygens (including phenoxy) is 1. The zero-order valence-corrected chi connectivity index (χ0v) is 9.17. The van der Waals surface area contributed by atoms with Gasteiger partial charge in [-0.2, -0.15) is 0 Å². The second kappa shape index (κ2) is 4.17. The number of hydrogen-bond acceptors (Lipinski definition) is 3. The van der Waals surface area contributed by atoms with Crippen LogP contribution in [0.25, 0.3) is 0 Å². The molecule has 3 nitrogen and oxygen atoms in total. The van der Waals surface area contributed by atoms with Gasteiger partial charge in [0.2, 0.25) is 0 Å². The summed E-state index contributed by atoms with van der Waals surface area (Å²) in [5, 5.41) is 0. The Labute approximate surface area is 86.6 Å². The molecule has 82 valence electrons. The minimum absolute atomic E-state index is 0.189. The van der Waals surface area contributed by atoms with Gasteiger partial charge in [-0.25, -0.2) is 0 Å². The van der Waals surface area contributed by atoms with Crippen LogP contribution in [0.3, 0.4) is 0 Å². The van der Waals surface area contributed by atoms with Gasteiger partial charge in [-0.3, -0.25) is 0 Å². The Balaban J connectivity index is 1.94. The average Bonchev–Trinajstić information content (AvgIpc) is 2.23. The van der Waals surface area contributed by atoms with E-state index in [2.05, 4.69) is 11.9 Å². The van der Waals surface area contributed by atoms with Crippen molar-refractivity contribution in [3.05, 3.63) is 0 Å². The van der Waals surface area contributed by atoms with Crippen LogP contribution in [0.1, 0.15) is 32.1 Å². The molecule has 2 fully saturated rings. The van der Waals surface area contributed by atoms with E-state index in [-0.39, 0.29) is 5.60 Å². The van der Waals surface area contributed by atoms with E-state index in [4.69, 9.17) is 10.5 Å². The van der Waals surface area contributed by atoms with Crippen LogP contribution in [0.4, 0.5) is 0 Å². The number of likely N-dealkylation sites (tertiary alicyclic amines) is 1. The van der Waals surface area contributed by atoms with Crippen molar-refractivity contribution in [2.75, 3.05) is 26.7 Å². The Morgan fingerprint density at radius 3 is 2.71 bits per heavy atom. The first-order valence-electron chi connectivity index (χ1n) is 5.80. The van der Waals surface area contributed by atoms with E-state index in [0.29, 0.717) is 12.6 Å². The molecular weight excluding hydrogens is 176 g/mol. The van der Waals surface area contributed by atoms with Crippen LogP contribution in [0.15, 0.2) is 0 Å². The molecule has 1 atom stereocenters. The molecule has 2 aliphatic rings. The maximum atomic E-state index is 6.16. The molecule has 1 unspecified atom stereocenters. The van der Waals surface area contributed by atoms with Gasteiger partial charge in [0.05, 0.1) is 11.7 Å². The lowest BCUT2D eigenvalue weighted by atomic mass is 9.83. The van der Waals surface area contributed by atoms with Crippen LogP contribution in [0, 0.1) is 0 Å². The summed E-state index contributed by atoms with van der Waals surface area (Å²) < 4.78 is 6.16. The molecule has 3 heteroatoms. The summed E-state index contributed by atoms with van der Waals surface area (Å²) in [6.45, 7) is 3.05.